The van der Waals surface area contributed by atoms with Crippen molar-refractivity contribution in [2.24, 2.45) is 11.7 Å². The molecule has 1 heterocycles. The summed E-state index contributed by atoms with van der Waals surface area (Å²) in [5.74, 6) is -0.214. The van der Waals surface area contributed by atoms with Gasteiger partial charge in [-0.3, -0.25) is 9.69 Å². The molecule has 4 nitrogen and oxygen atoms in total. The molecule has 1 saturated heterocycles. The Bertz CT molecular complexity index is 699. The molecular weight excluding hydrogens is 393 g/mol. The predicted molar refractivity (Wildman–Crippen MR) is 120 cm³/mol. The van der Waals surface area contributed by atoms with E-state index in [1.165, 1.54) is 12.0 Å². The maximum absolute atomic E-state index is 12.6. The Morgan fingerprint density at radius 2 is 1.71 bits per heavy atom. The highest BCUT2D eigenvalue weighted by molar-refractivity contribution is 5.85. The summed E-state index contributed by atoms with van der Waals surface area (Å²) in [6.07, 6.45) is 2.32. The average molecular weight is 424 g/mol. The van der Waals surface area contributed by atoms with Gasteiger partial charge >= 0.3 is 0 Å². The van der Waals surface area contributed by atoms with Crippen LogP contribution in [0.5, 0.6) is 0 Å². The Hall–Kier alpha value is -1.59. The van der Waals surface area contributed by atoms with Crippen LogP contribution >= 0.6 is 24.8 Å². The molecule has 3 atom stereocenters. The van der Waals surface area contributed by atoms with E-state index in [0.29, 0.717) is 12.6 Å². The van der Waals surface area contributed by atoms with Gasteiger partial charge in [0.05, 0.1) is 5.92 Å². The van der Waals surface area contributed by atoms with Crippen LogP contribution in [-0.2, 0) is 11.3 Å². The first-order chi connectivity index (χ1) is 12.6. The van der Waals surface area contributed by atoms with Crippen molar-refractivity contribution in [3.8, 4) is 0 Å². The molecule has 0 bridgehead atoms. The number of likely N-dealkylation sites (tertiary alicyclic amines) is 1. The fraction of sp³-hybridized carbons (Fsp3) is 0.409. The Morgan fingerprint density at radius 1 is 1.11 bits per heavy atom. The molecule has 2 aromatic carbocycles. The van der Waals surface area contributed by atoms with Gasteiger partial charge in [-0.2, -0.15) is 0 Å². The number of carbonyl (C=O) groups excluding carboxylic acids is 1. The van der Waals surface area contributed by atoms with Gasteiger partial charge in [0.15, 0.2) is 0 Å². The minimum atomic E-state index is -0.278. The molecule has 3 unspecified atom stereocenters. The van der Waals surface area contributed by atoms with Crippen LogP contribution in [0.1, 0.15) is 36.9 Å². The molecule has 3 rings (SSSR count). The molecule has 1 fully saturated rings. The summed E-state index contributed by atoms with van der Waals surface area (Å²) in [6.45, 7) is 4.63. The Balaban J connectivity index is 0.00000196. The first-order valence-corrected chi connectivity index (χ1v) is 9.51. The first kappa shape index (κ1) is 24.4. The second-order valence-electron chi connectivity index (χ2n) is 7.22. The highest BCUT2D eigenvalue weighted by Crippen LogP contribution is 2.21. The number of carbonyl (C=O) groups is 1. The summed E-state index contributed by atoms with van der Waals surface area (Å²) in [5.41, 5.74) is 8.61. The van der Waals surface area contributed by atoms with Gasteiger partial charge in [-0.15, -0.1) is 24.8 Å². The highest BCUT2D eigenvalue weighted by Gasteiger charge is 2.27. The minimum absolute atomic E-state index is 0. The van der Waals surface area contributed by atoms with Crippen LogP contribution in [-0.4, -0.2) is 29.9 Å². The lowest BCUT2D eigenvalue weighted by Gasteiger charge is -2.26. The molecule has 6 heteroatoms. The highest BCUT2D eigenvalue weighted by atomic mass is 35.5. The van der Waals surface area contributed by atoms with Gasteiger partial charge in [-0.05, 0) is 30.5 Å². The smallest absolute Gasteiger partial charge is 0.224 e. The fourth-order valence-corrected chi connectivity index (χ4v) is 3.66. The number of halogens is 2. The molecule has 154 valence electrons. The molecule has 28 heavy (non-hydrogen) atoms. The molecule has 0 aliphatic carbocycles. The van der Waals surface area contributed by atoms with Crippen LogP contribution in [0.2, 0.25) is 0 Å². The van der Waals surface area contributed by atoms with E-state index < -0.39 is 0 Å². The topological polar surface area (TPSA) is 58.4 Å². The maximum Gasteiger partial charge on any atom is 0.224 e. The van der Waals surface area contributed by atoms with Crippen molar-refractivity contribution < 1.29 is 4.79 Å². The summed E-state index contributed by atoms with van der Waals surface area (Å²) >= 11 is 0. The molecule has 0 spiro atoms. The number of hydrogen-bond acceptors (Lipinski definition) is 3. The molecule has 1 aliphatic rings. The number of nitrogens with zero attached hydrogens (tertiary/aromatic N) is 1. The van der Waals surface area contributed by atoms with Crippen molar-refractivity contribution >= 4 is 30.7 Å². The second kappa shape index (κ2) is 12.1. The number of nitrogens with two attached hydrogens (primary N) is 1. The third-order valence-electron chi connectivity index (χ3n) is 5.38. The Kier molecular flexibility index (Phi) is 10.5. The number of nitrogens with one attached hydrogen (secondary N) is 1. The zero-order valence-corrected chi connectivity index (χ0v) is 17.9. The zero-order valence-electron chi connectivity index (χ0n) is 16.3. The van der Waals surface area contributed by atoms with Crippen LogP contribution in [0, 0.1) is 5.92 Å². The summed E-state index contributed by atoms with van der Waals surface area (Å²) in [7, 11) is 0. The van der Waals surface area contributed by atoms with Crippen molar-refractivity contribution in [2.45, 2.75) is 38.4 Å². The second-order valence-corrected chi connectivity index (χ2v) is 7.22. The zero-order chi connectivity index (χ0) is 18.4. The van der Waals surface area contributed by atoms with E-state index in [2.05, 4.69) is 34.5 Å². The van der Waals surface area contributed by atoms with Gasteiger partial charge in [0, 0.05) is 25.2 Å². The van der Waals surface area contributed by atoms with Crippen LogP contribution in [0.3, 0.4) is 0 Å². The third-order valence-corrected chi connectivity index (χ3v) is 5.38. The first-order valence-electron chi connectivity index (χ1n) is 9.51. The molecule has 1 amide bonds. The van der Waals surface area contributed by atoms with Crippen LogP contribution in [0.25, 0.3) is 0 Å². The van der Waals surface area contributed by atoms with Crippen LogP contribution in [0.15, 0.2) is 60.7 Å². The van der Waals surface area contributed by atoms with Crippen LogP contribution in [0.4, 0.5) is 0 Å². The van der Waals surface area contributed by atoms with Crippen molar-refractivity contribution in [1.29, 1.82) is 0 Å². The Morgan fingerprint density at radius 3 is 2.36 bits per heavy atom. The fourth-order valence-electron chi connectivity index (χ4n) is 3.66. The standard InChI is InChI=1S/C22H29N3O.2ClH/c1-17(21(23)19-11-6-3-7-12-19)22(26)24-15-20-13-8-14-25(20)16-18-9-4-2-5-10-18;;/h2-7,9-12,17,20-21H,8,13-16,23H2,1H3,(H,24,26);2*1H. The lowest BCUT2D eigenvalue weighted by molar-refractivity contribution is -0.125. The summed E-state index contributed by atoms with van der Waals surface area (Å²) in [4.78, 5) is 15.0. The molecule has 3 N–H and O–H groups in total. The van der Waals surface area contributed by atoms with Gasteiger partial charge in [0.2, 0.25) is 5.91 Å². The molecule has 1 aliphatic heterocycles. The van der Waals surface area contributed by atoms with Gasteiger partial charge in [-0.1, -0.05) is 67.6 Å². The molecule has 0 radical (unpaired) electrons. The third kappa shape index (κ3) is 6.49. The SMILES string of the molecule is CC(C(=O)NCC1CCCN1Cc1ccccc1)C(N)c1ccccc1.Cl.Cl. The number of amides is 1. The largest absolute Gasteiger partial charge is 0.354 e. The summed E-state index contributed by atoms with van der Waals surface area (Å²) < 4.78 is 0. The number of hydrogen-bond donors (Lipinski definition) is 2. The molecule has 2 aromatic rings. The van der Waals surface area contributed by atoms with Gasteiger partial charge in [0.25, 0.3) is 0 Å². The number of rotatable bonds is 7. The van der Waals surface area contributed by atoms with E-state index in [0.717, 1.165) is 25.1 Å². The quantitative estimate of drug-likeness (QED) is 0.708. The van der Waals surface area contributed by atoms with E-state index in [1.807, 2.05) is 43.3 Å². The van der Waals surface area contributed by atoms with Crippen molar-refractivity contribution in [2.75, 3.05) is 13.1 Å². The van der Waals surface area contributed by atoms with Crippen molar-refractivity contribution in [1.82, 2.24) is 10.2 Å². The lowest BCUT2D eigenvalue weighted by Crippen LogP contribution is -2.43. The monoisotopic (exact) mass is 423 g/mol. The minimum Gasteiger partial charge on any atom is -0.354 e. The van der Waals surface area contributed by atoms with E-state index in [1.54, 1.807) is 0 Å². The van der Waals surface area contributed by atoms with Gasteiger partial charge in [0.1, 0.15) is 0 Å². The lowest BCUT2D eigenvalue weighted by atomic mass is 9.94. The molecule has 0 aromatic heterocycles. The number of benzene rings is 2. The summed E-state index contributed by atoms with van der Waals surface area (Å²) in [6, 6.07) is 20.5. The van der Waals surface area contributed by atoms with Gasteiger partial charge in [-0.25, -0.2) is 0 Å². The molecule has 0 saturated carbocycles. The Labute approximate surface area is 180 Å². The van der Waals surface area contributed by atoms with E-state index in [9.17, 15) is 4.79 Å². The van der Waals surface area contributed by atoms with Crippen molar-refractivity contribution in [3.63, 3.8) is 0 Å². The summed E-state index contributed by atoms with van der Waals surface area (Å²) in [5, 5.41) is 3.13. The van der Waals surface area contributed by atoms with E-state index in [4.69, 9.17) is 5.73 Å². The predicted octanol–water partition coefficient (Wildman–Crippen LogP) is 3.95. The molecular formula is C22H31Cl2N3O. The van der Waals surface area contributed by atoms with Crippen molar-refractivity contribution in [3.05, 3.63) is 71.8 Å². The van der Waals surface area contributed by atoms with Gasteiger partial charge < -0.3 is 11.1 Å². The average Bonchev–Trinajstić information content (AvgIpc) is 3.13. The maximum atomic E-state index is 12.6. The normalized spacial score (nSPS) is 18.4. The van der Waals surface area contributed by atoms with E-state index in [-0.39, 0.29) is 42.7 Å². The van der Waals surface area contributed by atoms with Crippen LogP contribution < -0.4 is 11.1 Å². The van der Waals surface area contributed by atoms with E-state index >= 15 is 0 Å².